The molecule has 1 spiro atoms. The molecule has 5 nitrogen and oxygen atoms in total. The van der Waals surface area contributed by atoms with Crippen LogP contribution >= 0.6 is 0 Å². The van der Waals surface area contributed by atoms with Gasteiger partial charge in [-0.05, 0) is 25.7 Å². The van der Waals surface area contributed by atoms with E-state index in [4.69, 9.17) is 4.99 Å². The zero-order valence-electron chi connectivity index (χ0n) is 11.2. The first-order valence-corrected chi connectivity index (χ1v) is 7.30. The Labute approximate surface area is 113 Å². The van der Waals surface area contributed by atoms with Crippen LogP contribution in [0.25, 0.3) is 0 Å². The number of likely N-dealkylation sites (tertiary alicyclic amines) is 1. The molecule has 2 heterocycles. The summed E-state index contributed by atoms with van der Waals surface area (Å²) >= 11 is 0. The van der Waals surface area contributed by atoms with Gasteiger partial charge in [0.25, 0.3) is 0 Å². The highest BCUT2D eigenvalue weighted by Crippen LogP contribution is 2.40. The summed E-state index contributed by atoms with van der Waals surface area (Å²) in [6.45, 7) is 1.93. The molecule has 2 fully saturated rings. The molecule has 0 unspecified atom stereocenters. The van der Waals surface area contributed by atoms with Crippen molar-refractivity contribution in [2.75, 3.05) is 13.1 Å². The normalized spacial score (nSPS) is 29.8. The van der Waals surface area contributed by atoms with Gasteiger partial charge in [-0.1, -0.05) is 19.3 Å². The van der Waals surface area contributed by atoms with Gasteiger partial charge in [0.1, 0.15) is 0 Å². The largest absolute Gasteiger partial charge is 0.343 e. The van der Waals surface area contributed by atoms with E-state index in [9.17, 15) is 10.1 Å². The minimum atomic E-state index is -0.612. The molecule has 1 amide bonds. The first-order valence-electron chi connectivity index (χ1n) is 7.30. The van der Waals surface area contributed by atoms with Crippen molar-refractivity contribution >= 4 is 11.9 Å². The third kappa shape index (κ3) is 2.09. The predicted octanol–water partition coefficient (Wildman–Crippen LogP) is 1.41. The van der Waals surface area contributed by atoms with Gasteiger partial charge >= 0.3 is 0 Å². The van der Waals surface area contributed by atoms with E-state index in [-0.39, 0.29) is 5.91 Å². The standard InChI is InChI=1S/C14H20N4O/c15-10-11-12(19)16-13(18-8-4-5-9-18)17-14(11)6-2-1-3-7-14/h11H,1-9H2,(H,16,17,19)/t11-/m0/s1. The molecular formula is C14H20N4O. The molecule has 0 aromatic rings. The monoisotopic (exact) mass is 260 g/mol. The van der Waals surface area contributed by atoms with E-state index in [1.165, 1.54) is 6.42 Å². The van der Waals surface area contributed by atoms with Crippen LogP contribution in [0, 0.1) is 17.2 Å². The summed E-state index contributed by atoms with van der Waals surface area (Å²) in [5, 5.41) is 12.2. The van der Waals surface area contributed by atoms with Crippen LogP contribution in [0.2, 0.25) is 0 Å². The average Bonchev–Trinajstić information content (AvgIpc) is 2.93. The maximum atomic E-state index is 12.2. The van der Waals surface area contributed by atoms with Crippen LogP contribution in [0.1, 0.15) is 44.9 Å². The molecule has 2 aliphatic heterocycles. The Kier molecular flexibility index (Phi) is 3.17. The summed E-state index contributed by atoms with van der Waals surface area (Å²) in [4.78, 5) is 19.2. The lowest BCUT2D eigenvalue weighted by molar-refractivity contribution is -0.125. The third-order valence-electron chi connectivity index (χ3n) is 4.62. The van der Waals surface area contributed by atoms with Gasteiger partial charge in [0.15, 0.2) is 5.92 Å². The van der Waals surface area contributed by atoms with Crippen molar-refractivity contribution < 1.29 is 4.79 Å². The third-order valence-corrected chi connectivity index (χ3v) is 4.62. The van der Waals surface area contributed by atoms with Gasteiger partial charge in [0.2, 0.25) is 11.9 Å². The summed E-state index contributed by atoms with van der Waals surface area (Å²) in [6, 6.07) is 2.19. The number of hydrogen-bond donors (Lipinski definition) is 1. The van der Waals surface area contributed by atoms with Crippen LogP contribution in [0.4, 0.5) is 0 Å². The second-order valence-corrected chi connectivity index (χ2v) is 5.85. The number of hydrogen-bond acceptors (Lipinski definition) is 4. The van der Waals surface area contributed by atoms with Crippen molar-refractivity contribution in [2.24, 2.45) is 10.9 Å². The van der Waals surface area contributed by atoms with E-state index in [0.717, 1.165) is 57.6 Å². The van der Waals surface area contributed by atoms with E-state index >= 15 is 0 Å². The molecule has 3 aliphatic rings. The smallest absolute Gasteiger partial charge is 0.246 e. The molecule has 3 rings (SSSR count). The molecule has 0 aromatic heterocycles. The Bertz CT molecular complexity index is 439. The van der Waals surface area contributed by atoms with E-state index in [0.29, 0.717) is 0 Å². The van der Waals surface area contributed by atoms with E-state index < -0.39 is 11.5 Å². The second-order valence-electron chi connectivity index (χ2n) is 5.85. The maximum absolute atomic E-state index is 12.2. The fourth-order valence-electron chi connectivity index (χ4n) is 3.55. The van der Waals surface area contributed by atoms with Gasteiger partial charge < -0.3 is 4.90 Å². The summed E-state index contributed by atoms with van der Waals surface area (Å²) in [5.74, 6) is -0.0450. The molecule has 1 saturated carbocycles. The number of carbonyl (C=O) groups excluding carboxylic acids is 1. The molecule has 1 saturated heterocycles. The summed E-state index contributed by atoms with van der Waals surface area (Å²) < 4.78 is 0. The molecule has 1 aliphatic carbocycles. The number of guanidine groups is 1. The lowest BCUT2D eigenvalue weighted by Gasteiger charge is -2.41. The van der Waals surface area contributed by atoms with Crippen LogP contribution in [0.15, 0.2) is 4.99 Å². The van der Waals surface area contributed by atoms with Gasteiger partial charge in [-0.3, -0.25) is 10.1 Å². The maximum Gasteiger partial charge on any atom is 0.246 e. The zero-order valence-corrected chi connectivity index (χ0v) is 11.2. The molecule has 19 heavy (non-hydrogen) atoms. The fraction of sp³-hybridized carbons (Fsp3) is 0.786. The van der Waals surface area contributed by atoms with Crippen LogP contribution in [-0.2, 0) is 4.79 Å². The fourth-order valence-corrected chi connectivity index (χ4v) is 3.55. The van der Waals surface area contributed by atoms with Crippen molar-refractivity contribution in [2.45, 2.75) is 50.5 Å². The lowest BCUT2D eigenvalue weighted by atomic mass is 9.72. The first kappa shape index (κ1) is 12.5. The van der Waals surface area contributed by atoms with Gasteiger partial charge in [-0.15, -0.1) is 0 Å². The van der Waals surface area contributed by atoms with Crippen LogP contribution in [0.5, 0.6) is 0 Å². The number of nitrogens with zero attached hydrogens (tertiary/aromatic N) is 3. The molecule has 1 atom stereocenters. The lowest BCUT2D eigenvalue weighted by Crippen LogP contribution is -2.57. The summed E-state index contributed by atoms with van der Waals surface area (Å²) in [5.41, 5.74) is -0.451. The molecule has 5 heteroatoms. The molecule has 0 aromatic carbocycles. The molecular weight excluding hydrogens is 240 g/mol. The zero-order chi connectivity index (χ0) is 13.3. The second kappa shape index (κ2) is 4.84. The highest BCUT2D eigenvalue weighted by Gasteiger charge is 2.48. The van der Waals surface area contributed by atoms with Crippen molar-refractivity contribution in [3.8, 4) is 6.07 Å². The Balaban J connectivity index is 1.94. The van der Waals surface area contributed by atoms with Gasteiger partial charge in [-0.2, -0.15) is 5.26 Å². The highest BCUT2D eigenvalue weighted by molar-refractivity contribution is 6.02. The average molecular weight is 260 g/mol. The Morgan fingerprint density at radius 3 is 2.53 bits per heavy atom. The summed E-state index contributed by atoms with van der Waals surface area (Å²) in [6.07, 6.45) is 7.39. The number of aliphatic imine (C=N–C) groups is 1. The Morgan fingerprint density at radius 1 is 1.21 bits per heavy atom. The first-order chi connectivity index (χ1) is 9.25. The van der Waals surface area contributed by atoms with E-state index in [1.54, 1.807) is 0 Å². The Morgan fingerprint density at radius 2 is 1.89 bits per heavy atom. The minimum Gasteiger partial charge on any atom is -0.343 e. The summed E-state index contributed by atoms with van der Waals surface area (Å²) in [7, 11) is 0. The predicted molar refractivity (Wildman–Crippen MR) is 71.3 cm³/mol. The van der Waals surface area contributed by atoms with Gasteiger partial charge in [0.05, 0.1) is 11.6 Å². The molecule has 0 bridgehead atoms. The van der Waals surface area contributed by atoms with Gasteiger partial charge in [0, 0.05) is 13.1 Å². The molecule has 0 radical (unpaired) electrons. The number of nitrogens with one attached hydrogen (secondary N) is 1. The number of amides is 1. The van der Waals surface area contributed by atoms with Crippen LogP contribution in [-0.4, -0.2) is 35.4 Å². The molecule has 1 N–H and O–H groups in total. The number of carbonyl (C=O) groups is 1. The topological polar surface area (TPSA) is 68.5 Å². The SMILES string of the molecule is N#C[C@H]1C(=O)NC(N2CCCC2)=NC12CCCCC2. The van der Waals surface area contributed by atoms with E-state index in [2.05, 4.69) is 16.3 Å². The Hall–Kier alpha value is -1.57. The van der Waals surface area contributed by atoms with Crippen LogP contribution < -0.4 is 5.32 Å². The number of nitriles is 1. The highest BCUT2D eigenvalue weighted by atomic mass is 16.2. The van der Waals surface area contributed by atoms with Gasteiger partial charge in [-0.25, -0.2) is 4.99 Å². The van der Waals surface area contributed by atoms with Crippen molar-refractivity contribution in [3.05, 3.63) is 0 Å². The minimum absolute atomic E-state index is 0.152. The quantitative estimate of drug-likeness (QED) is 0.716. The van der Waals surface area contributed by atoms with Crippen LogP contribution in [0.3, 0.4) is 0 Å². The number of rotatable bonds is 0. The van der Waals surface area contributed by atoms with Crippen molar-refractivity contribution in [3.63, 3.8) is 0 Å². The van der Waals surface area contributed by atoms with Crippen molar-refractivity contribution in [1.82, 2.24) is 10.2 Å². The van der Waals surface area contributed by atoms with E-state index in [1.807, 2.05) is 0 Å². The molecule has 102 valence electrons. The van der Waals surface area contributed by atoms with Crippen molar-refractivity contribution in [1.29, 1.82) is 5.26 Å².